The molecule has 106 valence electrons. The molecule has 5 rings (SSSR count). The van der Waals surface area contributed by atoms with Gasteiger partial charge in [-0.3, -0.25) is 0 Å². The lowest BCUT2D eigenvalue weighted by Crippen LogP contribution is -2.23. The number of rotatable bonds is 0. The van der Waals surface area contributed by atoms with Crippen LogP contribution in [0, 0.1) is 0 Å². The maximum absolute atomic E-state index is 10.4. The molecule has 3 aliphatic heterocycles. The van der Waals surface area contributed by atoms with Gasteiger partial charge in [-0.1, -0.05) is 0 Å². The average Bonchev–Trinajstić information content (AvgIpc) is 3.08. The quantitative estimate of drug-likeness (QED) is 0.727. The number of benzene rings is 2. The Morgan fingerprint density at radius 3 is 2.67 bits per heavy atom. The Morgan fingerprint density at radius 1 is 1.00 bits per heavy atom. The highest BCUT2D eigenvalue weighted by Crippen LogP contribution is 2.54. The molecule has 0 unspecified atom stereocenters. The van der Waals surface area contributed by atoms with E-state index in [-0.39, 0.29) is 18.3 Å². The lowest BCUT2D eigenvalue weighted by molar-refractivity contribution is 0.174. The molecule has 0 spiro atoms. The minimum atomic E-state index is -0.0592. The Bertz CT molecular complexity index is 800. The molecule has 3 aliphatic rings. The molecule has 0 aromatic heterocycles. The zero-order valence-corrected chi connectivity index (χ0v) is 11.2. The number of nitrogens with zero attached hydrogens (tertiary/aromatic N) is 1. The summed E-state index contributed by atoms with van der Waals surface area (Å²) in [5, 5.41) is 20.4. The number of phenolic OH excluding ortho intramolecular Hbond substituents is 2. The number of hydrogen-bond donors (Lipinski definition) is 2. The Hall–Kier alpha value is -2.56. The van der Waals surface area contributed by atoms with Gasteiger partial charge in [-0.05, 0) is 41.3 Å². The summed E-state index contributed by atoms with van der Waals surface area (Å²) in [6.07, 6.45) is 0.886. The standard InChI is InChI=1S/C16H13NO4/c18-11-3-8-1-2-17-6-9-4-12-13(21-7-20-12)5-10(9)14(15(8)17)16(11)19/h3-5,18-19H,1-2,6-7H2. The maximum Gasteiger partial charge on any atom is 0.231 e. The van der Waals surface area contributed by atoms with Crippen molar-refractivity contribution in [2.24, 2.45) is 0 Å². The van der Waals surface area contributed by atoms with Crippen molar-refractivity contribution in [3.8, 4) is 34.1 Å². The first-order chi connectivity index (χ1) is 10.2. The molecule has 0 fully saturated rings. The van der Waals surface area contributed by atoms with Crippen LogP contribution in [0.25, 0.3) is 11.1 Å². The average molecular weight is 283 g/mol. The summed E-state index contributed by atoms with van der Waals surface area (Å²) in [7, 11) is 0. The monoisotopic (exact) mass is 283 g/mol. The zero-order valence-electron chi connectivity index (χ0n) is 11.2. The summed E-state index contributed by atoms with van der Waals surface area (Å²) < 4.78 is 10.9. The topological polar surface area (TPSA) is 62.2 Å². The van der Waals surface area contributed by atoms with Gasteiger partial charge in [0, 0.05) is 13.1 Å². The lowest BCUT2D eigenvalue weighted by Gasteiger charge is -2.30. The minimum Gasteiger partial charge on any atom is -0.504 e. The van der Waals surface area contributed by atoms with Crippen LogP contribution in [0.4, 0.5) is 5.69 Å². The Kier molecular flexibility index (Phi) is 1.88. The van der Waals surface area contributed by atoms with Gasteiger partial charge in [0.1, 0.15) is 0 Å². The molecule has 0 saturated heterocycles. The van der Waals surface area contributed by atoms with Crippen LogP contribution in [-0.4, -0.2) is 23.6 Å². The number of aromatic hydroxyl groups is 2. The molecule has 0 saturated carbocycles. The van der Waals surface area contributed by atoms with Crippen LogP contribution >= 0.6 is 0 Å². The van der Waals surface area contributed by atoms with E-state index in [1.807, 2.05) is 12.1 Å². The van der Waals surface area contributed by atoms with Crippen molar-refractivity contribution in [3.63, 3.8) is 0 Å². The molecule has 2 aromatic rings. The predicted molar refractivity (Wildman–Crippen MR) is 76.1 cm³/mol. The van der Waals surface area contributed by atoms with Crippen molar-refractivity contribution >= 4 is 5.69 Å². The fourth-order valence-electron chi connectivity index (χ4n) is 3.59. The maximum atomic E-state index is 10.4. The third-order valence-electron chi connectivity index (χ3n) is 4.53. The highest BCUT2D eigenvalue weighted by Gasteiger charge is 2.34. The van der Waals surface area contributed by atoms with Gasteiger partial charge in [-0.15, -0.1) is 0 Å². The summed E-state index contributed by atoms with van der Waals surface area (Å²) in [5.41, 5.74) is 4.84. The summed E-state index contributed by atoms with van der Waals surface area (Å²) in [4.78, 5) is 2.24. The molecule has 0 aliphatic carbocycles. The SMILES string of the molecule is Oc1cc2c3c(c1O)-c1cc4c(cc1CN3CC2)OCO4. The molecule has 21 heavy (non-hydrogen) atoms. The molecule has 2 aromatic carbocycles. The van der Waals surface area contributed by atoms with E-state index in [1.165, 1.54) is 0 Å². The first-order valence-electron chi connectivity index (χ1n) is 6.98. The Balaban J connectivity index is 1.86. The third kappa shape index (κ3) is 1.31. The summed E-state index contributed by atoms with van der Waals surface area (Å²) in [6, 6.07) is 5.55. The molecule has 0 atom stereocenters. The number of ether oxygens (including phenoxy) is 2. The van der Waals surface area contributed by atoms with Crippen molar-refractivity contribution in [3.05, 3.63) is 29.3 Å². The van der Waals surface area contributed by atoms with Gasteiger partial charge in [0.25, 0.3) is 0 Å². The molecule has 2 N–H and O–H groups in total. The Morgan fingerprint density at radius 2 is 1.81 bits per heavy atom. The van der Waals surface area contributed by atoms with Gasteiger partial charge < -0.3 is 24.6 Å². The normalized spacial score (nSPS) is 16.9. The van der Waals surface area contributed by atoms with Crippen LogP contribution in [0.5, 0.6) is 23.0 Å². The van der Waals surface area contributed by atoms with Crippen LogP contribution in [-0.2, 0) is 13.0 Å². The second kappa shape index (κ2) is 3.55. The largest absolute Gasteiger partial charge is 0.504 e. The van der Waals surface area contributed by atoms with Gasteiger partial charge >= 0.3 is 0 Å². The number of hydrogen-bond acceptors (Lipinski definition) is 5. The van der Waals surface area contributed by atoms with E-state index in [0.29, 0.717) is 11.3 Å². The number of anilines is 1. The van der Waals surface area contributed by atoms with Gasteiger partial charge in [0.2, 0.25) is 6.79 Å². The summed E-state index contributed by atoms with van der Waals surface area (Å²) in [5.74, 6) is 1.32. The first-order valence-corrected chi connectivity index (χ1v) is 6.98. The van der Waals surface area contributed by atoms with Crippen molar-refractivity contribution < 1.29 is 19.7 Å². The van der Waals surface area contributed by atoms with E-state index in [1.54, 1.807) is 6.07 Å². The van der Waals surface area contributed by atoms with Crippen LogP contribution in [0.3, 0.4) is 0 Å². The van der Waals surface area contributed by atoms with E-state index >= 15 is 0 Å². The van der Waals surface area contributed by atoms with E-state index < -0.39 is 0 Å². The van der Waals surface area contributed by atoms with E-state index in [9.17, 15) is 10.2 Å². The van der Waals surface area contributed by atoms with Crippen LogP contribution in [0.15, 0.2) is 18.2 Å². The summed E-state index contributed by atoms with van der Waals surface area (Å²) in [6.45, 7) is 1.92. The molecule has 5 nitrogen and oxygen atoms in total. The molecule has 3 heterocycles. The molecule has 5 heteroatoms. The second-order valence-corrected chi connectivity index (χ2v) is 5.66. The van der Waals surface area contributed by atoms with E-state index in [2.05, 4.69) is 4.90 Å². The first kappa shape index (κ1) is 11.1. The predicted octanol–water partition coefficient (Wildman–Crippen LogP) is 2.37. The van der Waals surface area contributed by atoms with Crippen molar-refractivity contribution in [2.45, 2.75) is 13.0 Å². The van der Waals surface area contributed by atoms with Crippen LogP contribution in [0.1, 0.15) is 11.1 Å². The fourth-order valence-corrected chi connectivity index (χ4v) is 3.59. The molecular formula is C16H13NO4. The van der Waals surface area contributed by atoms with Crippen LogP contribution in [0.2, 0.25) is 0 Å². The van der Waals surface area contributed by atoms with Crippen molar-refractivity contribution in [1.82, 2.24) is 0 Å². The highest BCUT2D eigenvalue weighted by molar-refractivity contribution is 5.93. The van der Waals surface area contributed by atoms with Gasteiger partial charge in [0.05, 0.1) is 11.3 Å². The van der Waals surface area contributed by atoms with E-state index in [0.717, 1.165) is 47.6 Å². The van der Waals surface area contributed by atoms with Crippen molar-refractivity contribution in [1.29, 1.82) is 0 Å². The minimum absolute atomic E-state index is 0.0551. The lowest BCUT2D eigenvalue weighted by atomic mass is 9.91. The number of fused-ring (bicyclic) bond motifs is 3. The van der Waals surface area contributed by atoms with Crippen LogP contribution < -0.4 is 14.4 Å². The molecule has 0 amide bonds. The molecule has 0 bridgehead atoms. The number of phenols is 2. The fraction of sp³-hybridized carbons (Fsp3) is 0.250. The second-order valence-electron chi connectivity index (χ2n) is 5.66. The molecular weight excluding hydrogens is 270 g/mol. The van der Waals surface area contributed by atoms with Crippen molar-refractivity contribution in [2.75, 3.05) is 18.2 Å². The summed E-state index contributed by atoms with van der Waals surface area (Å²) >= 11 is 0. The van der Waals surface area contributed by atoms with Gasteiger partial charge in [-0.25, -0.2) is 0 Å². The molecule has 0 radical (unpaired) electrons. The third-order valence-corrected chi connectivity index (χ3v) is 4.53. The highest BCUT2D eigenvalue weighted by atomic mass is 16.7. The van der Waals surface area contributed by atoms with Gasteiger partial charge in [-0.2, -0.15) is 0 Å². The zero-order chi connectivity index (χ0) is 14.1. The smallest absolute Gasteiger partial charge is 0.231 e. The van der Waals surface area contributed by atoms with Gasteiger partial charge in [0.15, 0.2) is 23.0 Å². The van der Waals surface area contributed by atoms with E-state index in [4.69, 9.17) is 9.47 Å². The Labute approximate surface area is 121 Å².